The van der Waals surface area contributed by atoms with Crippen LogP contribution < -0.4 is 11.3 Å². The molecule has 1 saturated heterocycles. The van der Waals surface area contributed by atoms with Gasteiger partial charge in [-0.15, -0.1) is 0 Å². The van der Waals surface area contributed by atoms with Crippen molar-refractivity contribution in [3.8, 4) is 0 Å². The summed E-state index contributed by atoms with van der Waals surface area (Å²) in [7, 11) is 0. The Kier molecular flexibility index (Phi) is 4.91. The summed E-state index contributed by atoms with van der Waals surface area (Å²) in [5.74, 6) is 5.09. The summed E-state index contributed by atoms with van der Waals surface area (Å²) >= 11 is 5.92. The van der Waals surface area contributed by atoms with Gasteiger partial charge in [0.25, 0.3) is 0 Å². The number of nitrogens with two attached hydrogens (primary N) is 1. The van der Waals surface area contributed by atoms with Crippen LogP contribution in [0.25, 0.3) is 0 Å². The third-order valence-electron chi connectivity index (χ3n) is 2.98. The Balaban J connectivity index is 2.07. The number of rotatable bonds is 4. The highest BCUT2D eigenvalue weighted by molar-refractivity contribution is 6.31. The smallest absolute Gasteiger partial charge is 0.142 e. The third-order valence-corrected chi connectivity index (χ3v) is 3.40. The van der Waals surface area contributed by atoms with Gasteiger partial charge in [0.1, 0.15) is 5.82 Å². The van der Waals surface area contributed by atoms with Gasteiger partial charge in [0.2, 0.25) is 0 Å². The van der Waals surface area contributed by atoms with E-state index in [1.807, 2.05) is 0 Å². The lowest BCUT2D eigenvalue weighted by atomic mass is 10.0. The maximum atomic E-state index is 13.3. The Bertz CT molecular complexity index is 400. The lowest BCUT2D eigenvalue weighted by Gasteiger charge is -2.30. The largest absolute Gasteiger partial charge is 0.376 e. The van der Waals surface area contributed by atoms with Gasteiger partial charge in [-0.2, -0.15) is 0 Å². The quantitative estimate of drug-likeness (QED) is 0.641. The van der Waals surface area contributed by atoms with Crippen LogP contribution in [0.5, 0.6) is 0 Å². The molecule has 3 N–H and O–H groups in total. The van der Waals surface area contributed by atoms with Crippen LogP contribution in [0.2, 0.25) is 5.02 Å². The average molecular weight is 275 g/mol. The minimum absolute atomic E-state index is 0.134. The molecule has 0 saturated carbocycles. The molecule has 6 heteroatoms. The van der Waals surface area contributed by atoms with Crippen LogP contribution in [0, 0.1) is 5.82 Å². The Labute approximate surface area is 110 Å². The van der Waals surface area contributed by atoms with Crippen LogP contribution >= 0.6 is 11.6 Å². The van der Waals surface area contributed by atoms with Crippen molar-refractivity contribution in [3.63, 3.8) is 0 Å². The summed E-state index contributed by atoms with van der Waals surface area (Å²) in [4.78, 5) is 0. The molecule has 1 aromatic rings. The van der Waals surface area contributed by atoms with Crippen molar-refractivity contribution in [3.05, 3.63) is 34.6 Å². The zero-order chi connectivity index (χ0) is 13.0. The molecule has 1 fully saturated rings. The molecule has 0 radical (unpaired) electrons. The van der Waals surface area contributed by atoms with Crippen LogP contribution in [0.3, 0.4) is 0 Å². The number of hydrogen-bond donors (Lipinski definition) is 2. The second kappa shape index (κ2) is 6.45. The fourth-order valence-electron chi connectivity index (χ4n) is 1.98. The number of benzene rings is 1. The molecule has 18 heavy (non-hydrogen) atoms. The molecule has 1 aliphatic heterocycles. The Morgan fingerprint density at radius 1 is 1.50 bits per heavy atom. The van der Waals surface area contributed by atoms with E-state index in [0.29, 0.717) is 31.8 Å². The van der Waals surface area contributed by atoms with E-state index in [2.05, 4.69) is 5.43 Å². The summed E-state index contributed by atoms with van der Waals surface area (Å²) in [6, 6.07) is 4.57. The van der Waals surface area contributed by atoms with Gasteiger partial charge in [-0.25, -0.2) is 4.39 Å². The van der Waals surface area contributed by atoms with Gasteiger partial charge in [0.15, 0.2) is 0 Å². The molecule has 0 aromatic heterocycles. The van der Waals surface area contributed by atoms with Crippen LogP contribution in [0.4, 0.5) is 4.39 Å². The number of ether oxygens (including phenoxy) is 2. The van der Waals surface area contributed by atoms with Crippen molar-refractivity contribution < 1.29 is 13.9 Å². The molecule has 2 atom stereocenters. The van der Waals surface area contributed by atoms with E-state index in [-0.39, 0.29) is 17.2 Å². The van der Waals surface area contributed by atoms with E-state index < -0.39 is 5.82 Å². The molecular weight excluding hydrogens is 259 g/mol. The maximum Gasteiger partial charge on any atom is 0.142 e. The Morgan fingerprint density at radius 3 is 3.00 bits per heavy atom. The van der Waals surface area contributed by atoms with Gasteiger partial charge in [-0.05, 0) is 18.1 Å². The normalized spacial score (nSPS) is 21.8. The van der Waals surface area contributed by atoms with Crippen molar-refractivity contribution in [1.82, 2.24) is 5.43 Å². The molecule has 2 unspecified atom stereocenters. The van der Waals surface area contributed by atoms with E-state index in [9.17, 15) is 4.39 Å². The number of nitrogens with one attached hydrogen (secondary N) is 1. The van der Waals surface area contributed by atoms with Gasteiger partial charge in [0, 0.05) is 0 Å². The zero-order valence-corrected chi connectivity index (χ0v) is 10.6. The van der Waals surface area contributed by atoms with Crippen molar-refractivity contribution in [1.29, 1.82) is 0 Å². The fraction of sp³-hybridized carbons (Fsp3) is 0.500. The van der Waals surface area contributed by atoms with Gasteiger partial charge >= 0.3 is 0 Å². The predicted octanol–water partition coefficient (Wildman–Crippen LogP) is 1.27. The number of hydrazine groups is 1. The first-order chi connectivity index (χ1) is 8.72. The van der Waals surface area contributed by atoms with Crippen LogP contribution in [-0.2, 0) is 15.9 Å². The number of halogens is 2. The van der Waals surface area contributed by atoms with Gasteiger partial charge in [0.05, 0.1) is 37.0 Å². The molecule has 2 rings (SSSR count). The molecule has 0 amide bonds. The first-order valence-electron chi connectivity index (χ1n) is 5.80. The van der Waals surface area contributed by atoms with Gasteiger partial charge < -0.3 is 9.47 Å². The van der Waals surface area contributed by atoms with Crippen LogP contribution in [0.15, 0.2) is 18.2 Å². The highest BCUT2D eigenvalue weighted by atomic mass is 35.5. The first-order valence-corrected chi connectivity index (χ1v) is 6.18. The van der Waals surface area contributed by atoms with Crippen molar-refractivity contribution in [2.24, 2.45) is 5.84 Å². The molecule has 0 bridgehead atoms. The zero-order valence-electron chi connectivity index (χ0n) is 9.86. The molecular formula is C12H16ClFN2O2. The predicted molar refractivity (Wildman–Crippen MR) is 66.8 cm³/mol. The highest BCUT2D eigenvalue weighted by Crippen LogP contribution is 2.22. The van der Waals surface area contributed by atoms with E-state index >= 15 is 0 Å². The lowest BCUT2D eigenvalue weighted by molar-refractivity contribution is -0.101. The molecule has 1 heterocycles. The van der Waals surface area contributed by atoms with E-state index in [1.165, 1.54) is 6.07 Å². The third kappa shape index (κ3) is 3.18. The highest BCUT2D eigenvalue weighted by Gasteiger charge is 2.25. The SMILES string of the molecule is NNC(Cc1cccc(F)c1Cl)C1COCCO1. The van der Waals surface area contributed by atoms with Gasteiger partial charge in [-0.3, -0.25) is 11.3 Å². The van der Waals surface area contributed by atoms with Crippen molar-refractivity contribution in [2.45, 2.75) is 18.6 Å². The molecule has 100 valence electrons. The number of hydrogen-bond acceptors (Lipinski definition) is 4. The minimum Gasteiger partial charge on any atom is -0.376 e. The first kappa shape index (κ1) is 13.7. The summed E-state index contributed by atoms with van der Waals surface area (Å²) < 4.78 is 24.2. The summed E-state index contributed by atoms with van der Waals surface area (Å²) in [6.45, 7) is 1.61. The molecule has 0 aliphatic carbocycles. The van der Waals surface area contributed by atoms with E-state index in [1.54, 1.807) is 12.1 Å². The monoisotopic (exact) mass is 274 g/mol. The molecule has 1 aliphatic rings. The van der Waals surface area contributed by atoms with Crippen molar-refractivity contribution in [2.75, 3.05) is 19.8 Å². The fourth-order valence-corrected chi connectivity index (χ4v) is 2.18. The standard InChI is InChI=1S/C12H16ClFN2O2/c13-12-8(2-1-3-9(12)14)6-10(16-15)11-7-17-4-5-18-11/h1-3,10-11,16H,4-7,15H2. The second-order valence-electron chi connectivity index (χ2n) is 4.17. The molecule has 0 spiro atoms. The topological polar surface area (TPSA) is 56.5 Å². The average Bonchev–Trinajstić information content (AvgIpc) is 2.41. The summed E-state index contributed by atoms with van der Waals surface area (Å²) in [5.41, 5.74) is 3.38. The lowest BCUT2D eigenvalue weighted by Crippen LogP contribution is -2.50. The van der Waals surface area contributed by atoms with Crippen molar-refractivity contribution >= 4 is 11.6 Å². The second-order valence-corrected chi connectivity index (χ2v) is 4.55. The summed E-state index contributed by atoms with van der Waals surface area (Å²) in [6.07, 6.45) is 0.337. The molecule has 4 nitrogen and oxygen atoms in total. The minimum atomic E-state index is -0.425. The van der Waals surface area contributed by atoms with E-state index in [0.717, 1.165) is 0 Å². The van der Waals surface area contributed by atoms with E-state index in [4.69, 9.17) is 26.9 Å². The maximum absolute atomic E-state index is 13.3. The Morgan fingerprint density at radius 2 is 2.33 bits per heavy atom. The van der Waals surface area contributed by atoms with Crippen LogP contribution in [0.1, 0.15) is 5.56 Å². The summed E-state index contributed by atoms with van der Waals surface area (Å²) in [5, 5.41) is 0.134. The van der Waals surface area contributed by atoms with Crippen LogP contribution in [-0.4, -0.2) is 32.0 Å². The molecule has 1 aromatic carbocycles. The van der Waals surface area contributed by atoms with Gasteiger partial charge in [-0.1, -0.05) is 23.7 Å². The Hall–Kier alpha value is -0.720.